The van der Waals surface area contributed by atoms with Gasteiger partial charge in [0, 0.05) is 34.3 Å². The first-order chi connectivity index (χ1) is 22.4. The van der Waals surface area contributed by atoms with Crippen LogP contribution in [0, 0.1) is 10.1 Å². The molecule has 0 amide bonds. The fourth-order valence-corrected chi connectivity index (χ4v) is 6.14. The van der Waals surface area contributed by atoms with Crippen LogP contribution in [0.5, 0.6) is 11.5 Å². The molecule has 0 bridgehead atoms. The van der Waals surface area contributed by atoms with Crippen LogP contribution in [0.4, 0.5) is 5.69 Å². The van der Waals surface area contributed by atoms with Gasteiger partial charge in [-0.05, 0) is 54.1 Å². The zero-order valence-electron chi connectivity index (χ0n) is 24.1. The van der Waals surface area contributed by atoms with Crippen molar-refractivity contribution in [1.82, 2.24) is 9.13 Å². The molecule has 46 heavy (non-hydrogen) atoms. The van der Waals surface area contributed by atoms with Crippen LogP contribution in [0.1, 0.15) is 22.6 Å². The molecular formula is C37H25N3O6. The fourth-order valence-electron chi connectivity index (χ4n) is 6.14. The Balaban J connectivity index is 1.66. The van der Waals surface area contributed by atoms with Gasteiger partial charge in [0.25, 0.3) is 16.8 Å². The highest BCUT2D eigenvalue weighted by molar-refractivity contribution is 5.90. The molecule has 9 nitrogen and oxygen atoms in total. The maximum atomic E-state index is 14.7. The first kappa shape index (κ1) is 28.3. The molecule has 0 saturated carbocycles. The summed E-state index contributed by atoms with van der Waals surface area (Å²) < 4.78 is 2.91. The molecule has 0 fully saturated rings. The minimum atomic E-state index is -1.33. The predicted molar refractivity (Wildman–Crippen MR) is 176 cm³/mol. The Labute approximate surface area is 261 Å². The summed E-state index contributed by atoms with van der Waals surface area (Å²) in [4.78, 5) is 40.4. The van der Waals surface area contributed by atoms with Crippen LogP contribution in [-0.4, -0.2) is 24.3 Å². The second kappa shape index (κ2) is 11.2. The molecule has 7 rings (SSSR count). The van der Waals surface area contributed by atoms with Crippen LogP contribution in [-0.2, 0) is 0 Å². The van der Waals surface area contributed by atoms with Crippen LogP contribution >= 0.6 is 0 Å². The highest BCUT2D eigenvalue weighted by Crippen LogP contribution is 2.43. The molecular weight excluding hydrogens is 582 g/mol. The van der Waals surface area contributed by atoms with Crippen LogP contribution in [0.25, 0.3) is 33.2 Å². The molecule has 0 spiro atoms. The molecule has 9 heteroatoms. The number of pyridine rings is 2. The summed E-state index contributed by atoms with van der Waals surface area (Å²) in [7, 11) is 0. The summed E-state index contributed by atoms with van der Waals surface area (Å²) in [6, 6.07) is 36.9. The summed E-state index contributed by atoms with van der Waals surface area (Å²) in [5, 5.41) is 36.1. The van der Waals surface area contributed by atoms with Crippen molar-refractivity contribution in [2.45, 2.75) is 5.92 Å². The van der Waals surface area contributed by atoms with E-state index in [2.05, 4.69) is 0 Å². The first-order valence-corrected chi connectivity index (χ1v) is 14.4. The van der Waals surface area contributed by atoms with Crippen molar-refractivity contribution in [1.29, 1.82) is 0 Å². The van der Waals surface area contributed by atoms with Crippen molar-refractivity contribution in [3.05, 3.63) is 181 Å². The van der Waals surface area contributed by atoms with Gasteiger partial charge in [-0.3, -0.25) is 28.8 Å². The van der Waals surface area contributed by atoms with E-state index in [-0.39, 0.29) is 33.9 Å². The van der Waals surface area contributed by atoms with E-state index in [1.54, 1.807) is 97.1 Å². The summed E-state index contributed by atoms with van der Waals surface area (Å²) in [5.74, 6) is -2.07. The second-order valence-electron chi connectivity index (χ2n) is 10.8. The maximum Gasteiger partial charge on any atom is 0.269 e. The number of aromatic hydroxyl groups is 2. The number of para-hydroxylation sites is 4. The lowest BCUT2D eigenvalue weighted by Gasteiger charge is -2.24. The van der Waals surface area contributed by atoms with E-state index in [4.69, 9.17) is 0 Å². The standard InChI is InChI=1S/C37H25N3O6/c41-34-27-15-7-9-17-29(27)38(24-11-3-1-4-12-24)36(43)32(34)31(23-19-21-26(22-20-23)40(45)46)33-35(42)28-16-8-10-18-30(28)39(37(33)44)25-13-5-2-6-14-25/h1-22,31,41-42H. The molecule has 0 aliphatic rings. The monoisotopic (exact) mass is 607 g/mol. The number of nitrogens with zero attached hydrogens (tertiary/aromatic N) is 3. The van der Waals surface area contributed by atoms with Crippen LogP contribution in [0.3, 0.4) is 0 Å². The zero-order chi connectivity index (χ0) is 31.9. The van der Waals surface area contributed by atoms with Gasteiger partial charge in [0.2, 0.25) is 0 Å². The van der Waals surface area contributed by atoms with Gasteiger partial charge in [-0.1, -0.05) is 72.8 Å². The molecule has 0 saturated heterocycles. The van der Waals surface area contributed by atoms with Crippen molar-refractivity contribution >= 4 is 27.5 Å². The van der Waals surface area contributed by atoms with Crippen molar-refractivity contribution < 1.29 is 15.1 Å². The Bertz CT molecular complexity index is 2260. The average molecular weight is 608 g/mol. The minimum absolute atomic E-state index is 0.168. The van der Waals surface area contributed by atoms with Gasteiger partial charge >= 0.3 is 0 Å². The molecule has 5 aromatic carbocycles. The smallest absolute Gasteiger partial charge is 0.269 e. The van der Waals surface area contributed by atoms with Crippen LogP contribution in [0.2, 0.25) is 0 Å². The molecule has 2 aromatic heterocycles. The van der Waals surface area contributed by atoms with Crippen molar-refractivity contribution in [3.63, 3.8) is 0 Å². The van der Waals surface area contributed by atoms with E-state index < -0.39 is 22.0 Å². The summed E-state index contributed by atoms with van der Waals surface area (Å²) in [6.45, 7) is 0. The fraction of sp³-hybridized carbons (Fsp3) is 0.0270. The first-order valence-electron chi connectivity index (χ1n) is 14.4. The van der Waals surface area contributed by atoms with E-state index in [1.807, 2.05) is 12.1 Å². The van der Waals surface area contributed by atoms with Crippen LogP contribution in [0.15, 0.2) is 143 Å². The lowest BCUT2D eigenvalue weighted by atomic mass is 9.83. The van der Waals surface area contributed by atoms with Gasteiger partial charge in [-0.15, -0.1) is 0 Å². The molecule has 224 valence electrons. The normalized spacial score (nSPS) is 11.3. The lowest BCUT2D eigenvalue weighted by Crippen LogP contribution is -2.31. The Morgan fingerprint density at radius 1 is 0.543 bits per heavy atom. The minimum Gasteiger partial charge on any atom is -0.507 e. The van der Waals surface area contributed by atoms with Gasteiger partial charge in [0.05, 0.1) is 33.0 Å². The SMILES string of the molecule is O=c1c(C(c2ccc([N+](=O)[O-])cc2)c2c(O)c3ccccc3n(-c3ccccc3)c2=O)c(O)c2ccccc2n1-c1ccccc1. The van der Waals surface area contributed by atoms with Gasteiger partial charge in [-0.2, -0.15) is 0 Å². The number of non-ortho nitro benzene ring substituents is 1. The number of rotatable bonds is 6. The molecule has 0 radical (unpaired) electrons. The van der Waals surface area contributed by atoms with E-state index in [9.17, 15) is 29.9 Å². The third kappa shape index (κ3) is 4.49. The number of hydrogen-bond donors (Lipinski definition) is 2. The quantitative estimate of drug-likeness (QED) is 0.158. The second-order valence-corrected chi connectivity index (χ2v) is 10.8. The van der Waals surface area contributed by atoms with Gasteiger partial charge in [0.1, 0.15) is 11.5 Å². The Kier molecular flexibility index (Phi) is 6.90. The van der Waals surface area contributed by atoms with Gasteiger partial charge in [0.15, 0.2) is 0 Å². The third-order valence-corrected chi connectivity index (χ3v) is 8.22. The molecule has 2 heterocycles. The summed E-state index contributed by atoms with van der Waals surface area (Å²) in [5.41, 5.74) is 0.434. The number of hydrogen-bond acceptors (Lipinski definition) is 6. The number of fused-ring (bicyclic) bond motifs is 2. The number of nitro benzene ring substituents is 1. The Hall–Kier alpha value is -6.48. The van der Waals surface area contributed by atoms with Crippen molar-refractivity contribution in [3.8, 4) is 22.9 Å². The van der Waals surface area contributed by atoms with Crippen molar-refractivity contribution in [2.75, 3.05) is 0 Å². The lowest BCUT2D eigenvalue weighted by molar-refractivity contribution is -0.384. The number of aromatic nitrogens is 2. The van der Waals surface area contributed by atoms with E-state index in [0.29, 0.717) is 33.2 Å². The zero-order valence-corrected chi connectivity index (χ0v) is 24.1. The molecule has 0 aliphatic carbocycles. The predicted octanol–water partition coefficient (Wildman–Crippen LogP) is 6.79. The number of nitro groups is 1. The van der Waals surface area contributed by atoms with Crippen molar-refractivity contribution in [2.24, 2.45) is 0 Å². The molecule has 0 aliphatic heterocycles. The largest absolute Gasteiger partial charge is 0.507 e. The van der Waals surface area contributed by atoms with Gasteiger partial charge in [-0.25, -0.2) is 0 Å². The summed E-state index contributed by atoms with van der Waals surface area (Å²) in [6.07, 6.45) is 0. The number of benzene rings is 5. The average Bonchev–Trinajstić information content (AvgIpc) is 3.09. The molecule has 7 aromatic rings. The van der Waals surface area contributed by atoms with E-state index in [1.165, 1.54) is 33.4 Å². The van der Waals surface area contributed by atoms with E-state index >= 15 is 0 Å². The highest BCUT2D eigenvalue weighted by atomic mass is 16.6. The molecule has 2 N–H and O–H groups in total. The summed E-state index contributed by atoms with van der Waals surface area (Å²) >= 11 is 0. The highest BCUT2D eigenvalue weighted by Gasteiger charge is 2.33. The van der Waals surface area contributed by atoms with Crippen LogP contribution < -0.4 is 11.1 Å². The third-order valence-electron chi connectivity index (χ3n) is 8.22. The Morgan fingerprint density at radius 3 is 1.35 bits per heavy atom. The molecule has 0 atom stereocenters. The molecule has 0 unspecified atom stereocenters. The topological polar surface area (TPSA) is 128 Å². The van der Waals surface area contributed by atoms with E-state index in [0.717, 1.165) is 0 Å². The maximum absolute atomic E-state index is 14.7. The van der Waals surface area contributed by atoms with Gasteiger partial charge < -0.3 is 10.2 Å². The Morgan fingerprint density at radius 2 is 0.935 bits per heavy atom.